The maximum atomic E-state index is 9.55. The lowest BCUT2D eigenvalue weighted by Gasteiger charge is -2.27. The Morgan fingerprint density at radius 1 is 0.727 bits per heavy atom. The van der Waals surface area contributed by atoms with Gasteiger partial charge in [0.15, 0.2) is 0 Å². The minimum atomic E-state index is -5.55. The minimum Gasteiger partial charge on any atom is -0.789 e. The Balaban J connectivity index is -0.000000400. The number of benzene rings is 2. The van der Waals surface area contributed by atoms with E-state index in [0.717, 1.165) is 25.7 Å². The molecule has 0 unspecified atom stereocenters. The highest BCUT2D eigenvalue weighted by Crippen LogP contribution is 2.49. The molecule has 0 bridgehead atoms. The highest BCUT2D eigenvalue weighted by Gasteiger charge is 2.15. The molecule has 0 atom stereocenters. The fraction of sp³-hybridized carbons (Fsp3) is 0.400. The molecule has 192 valence electrons. The van der Waals surface area contributed by atoms with E-state index < -0.39 is 15.6 Å². The average molecular weight is 512 g/mol. The molecule has 0 saturated carbocycles. The molecule has 0 aliphatic carbocycles. The van der Waals surface area contributed by atoms with Gasteiger partial charge in [0.05, 0.1) is 7.82 Å². The van der Waals surface area contributed by atoms with Crippen LogP contribution >= 0.6 is 15.6 Å². The fourth-order valence-electron chi connectivity index (χ4n) is 2.83. The summed E-state index contributed by atoms with van der Waals surface area (Å²) in [7, 11) is -10.7. The number of hydrogen-bond donors (Lipinski definition) is 4. The smallest absolute Gasteiger partial charge is 0.473 e. The summed E-state index contributed by atoms with van der Waals surface area (Å²) in [6.45, 7) is 8.68. The molecule has 0 aromatic heterocycles. The highest BCUT2D eigenvalue weighted by molar-refractivity contribution is 7.58. The summed E-state index contributed by atoms with van der Waals surface area (Å²) in [6, 6.07) is 12.9. The third-order valence-corrected chi connectivity index (χ3v) is 6.12. The van der Waals surface area contributed by atoms with Gasteiger partial charge >= 0.3 is 7.82 Å². The molecule has 0 spiro atoms. The molecular weight excluding hydrogens is 474 g/mol. The lowest BCUT2D eigenvalue weighted by atomic mass is 10.0. The zero-order valence-electron chi connectivity index (χ0n) is 19.5. The normalized spacial score (nSPS) is 10.5. The predicted molar refractivity (Wildman–Crippen MR) is 123 cm³/mol. The van der Waals surface area contributed by atoms with Gasteiger partial charge in [0.2, 0.25) is 0 Å². The van der Waals surface area contributed by atoms with Gasteiger partial charge in [-0.05, 0) is 25.7 Å². The van der Waals surface area contributed by atoms with Crippen LogP contribution in [0.1, 0.15) is 49.9 Å². The number of aryl methyl sites for hydroxylation is 4. The molecule has 0 heterocycles. The fourth-order valence-corrected chi connectivity index (χ4v) is 3.87. The van der Waals surface area contributed by atoms with Crippen molar-refractivity contribution in [2.45, 2.75) is 53.4 Å². The number of quaternary nitrogens is 2. The van der Waals surface area contributed by atoms with Crippen molar-refractivity contribution in [2.24, 2.45) is 0 Å². The largest absolute Gasteiger partial charge is 0.789 e. The van der Waals surface area contributed by atoms with Crippen molar-refractivity contribution in [1.29, 1.82) is 0 Å². The monoisotopic (exact) mass is 512 g/mol. The van der Waals surface area contributed by atoms with Crippen LogP contribution in [-0.2, 0) is 39.1 Å². The van der Waals surface area contributed by atoms with E-state index in [1.54, 1.807) is 0 Å². The second-order valence-electron chi connectivity index (χ2n) is 6.54. The summed E-state index contributed by atoms with van der Waals surface area (Å²) in [4.78, 5) is 34.1. The SMILES string of the molecule is CCc1cccc(CC)c1[NH3+].CCc1cccc(CC)c1[NH3+].O.O.O=P([O-])([O-])OP(=O)(O)O. The number of phosphoric acid groups is 2. The third-order valence-electron chi connectivity index (χ3n) is 4.47. The summed E-state index contributed by atoms with van der Waals surface area (Å²) in [5, 5.41) is 0. The van der Waals surface area contributed by atoms with E-state index in [9.17, 15) is 18.9 Å². The molecule has 2 rings (SSSR count). The molecule has 0 saturated heterocycles. The number of hydrogen-bond acceptors (Lipinski definition) is 5. The molecule has 33 heavy (non-hydrogen) atoms. The predicted octanol–water partition coefficient (Wildman–Crippen LogP) is -0.355. The lowest BCUT2D eigenvalue weighted by Crippen LogP contribution is -2.42. The maximum absolute atomic E-state index is 9.55. The van der Waals surface area contributed by atoms with Crippen LogP contribution in [0.5, 0.6) is 0 Å². The summed E-state index contributed by atoms with van der Waals surface area (Å²) in [5.74, 6) is 0. The van der Waals surface area contributed by atoms with Crippen LogP contribution in [0.2, 0.25) is 0 Å². The van der Waals surface area contributed by atoms with Gasteiger partial charge in [0.25, 0.3) is 0 Å². The summed E-state index contributed by atoms with van der Waals surface area (Å²) >= 11 is 0. The molecule has 0 aliphatic heterocycles. The van der Waals surface area contributed by atoms with Crippen LogP contribution in [0, 0.1) is 0 Å². The van der Waals surface area contributed by atoms with Gasteiger partial charge in [-0.3, -0.25) is 4.31 Å². The second kappa shape index (κ2) is 17.0. The van der Waals surface area contributed by atoms with E-state index in [1.165, 1.54) is 33.6 Å². The van der Waals surface area contributed by atoms with Gasteiger partial charge in [-0.15, -0.1) is 0 Å². The van der Waals surface area contributed by atoms with Gasteiger partial charge in [-0.1, -0.05) is 64.1 Å². The van der Waals surface area contributed by atoms with E-state index >= 15 is 0 Å². The first-order valence-electron chi connectivity index (χ1n) is 9.93. The molecule has 0 amide bonds. The van der Waals surface area contributed by atoms with Crippen molar-refractivity contribution in [1.82, 2.24) is 0 Å². The Morgan fingerprint density at radius 3 is 1.09 bits per heavy atom. The van der Waals surface area contributed by atoms with E-state index in [4.69, 9.17) is 9.79 Å². The summed E-state index contributed by atoms with van der Waals surface area (Å²) in [6.07, 6.45) is 4.36. The van der Waals surface area contributed by atoms with Crippen molar-refractivity contribution in [3.05, 3.63) is 58.7 Å². The molecule has 0 aliphatic rings. The van der Waals surface area contributed by atoms with E-state index in [0.29, 0.717) is 0 Å². The van der Waals surface area contributed by atoms with Crippen molar-refractivity contribution in [3.8, 4) is 0 Å². The lowest BCUT2D eigenvalue weighted by molar-refractivity contribution is -0.334. The van der Waals surface area contributed by atoms with E-state index in [1.807, 2.05) is 0 Å². The van der Waals surface area contributed by atoms with Gasteiger partial charge in [0, 0.05) is 22.3 Å². The Labute approximate surface area is 194 Å². The molecule has 12 N–H and O–H groups in total. The third kappa shape index (κ3) is 15.1. The van der Waals surface area contributed by atoms with E-state index in [-0.39, 0.29) is 11.0 Å². The Kier molecular flexibility index (Phi) is 18.7. The number of rotatable bonds is 6. The van der Waals surface area contributed by atoms with Crippen LogP contribution in [0.15, 0.2) is 36.4 Å². The molecule has 0 fully saturated rings. The van der Waals surface area contributed by atoms with Crippen LogP contribution in [0.3, 0.4) is 0 Å². The van der Waals surface area contributed by atoms with Gasteiger partial charge in [0.1, 0.15) is 11.4 Å². The molecule has 13 heteroatoms. The second-order valence-corrected chi connectivity index (χ2v) is 9.07. The molecule has 11 nitrogen and oxygen atoms in total. The van der Waals surface area contributed by atoms with Crippen LogP contribution in [-0.4, -0.2) is 20.7 Å². The van der Waals surface area contributed by atoms with Crippen LogP contribution < -0.4 is 21.3 Å². The average Bonchev–Trinajstić information content (AvgIpc) is 2.66. The first-order valence-corrected chi connectivity index (χ1v) is 12.9. The molecule has 2 aromatic carbocycles. The Hall–Kier alpha value is -1.46. The topological polar surface area (TPSA) is 248 Å². The van der Waals surface area contributed by atoms with Crippen LogP contribution in [0.25, 0.3) is 0 Å². The quantitative estimate of drug-likeness (QED) is 0.374. The molecular formula is C20H38N2O9P2. The summed E-state index contributed by atoms with van der Waals surface area (Å²) < 4.78 is 21.7. The first-order chi connectivity index (χ1) is 14.3. The standard InChI is InChI=1S/2C10H15N.H4O7P2.2H2O/c2*1-3-8-6-5-7-9(4-2)10(8)11;1-8(2,3)7-9(4,5)6;;/h2*5-7H,3-4,11H2,1-2H3;(H2,1,2,3)(H2,4,5,6);2*1H2. The van der Waals surface area contributed by atoms with Crippen LogP contribution in [0.4, 0.5) is 11.4 Å². The zero-order valence-corrected chi connectivity index (χ0v) is 21.3. The summed E-state index contributed by atoms with van der Waals surface area (Å²) in [5.41, 5.74) is 16.1. The maximum Gasteiger partial charge on any atom is 0.473 e. The molecule has 2 aromatic rings. The van der Waals surface area contributed by atoms with Gasteiger partial charge < -0.3 is 46.6 Å². The van der Waals surface area contributed by atoms with Crippen molar-refractivity contribution >= 4 is 27.0 Å². The Bertz CT molecular complexity index is 796. The first kappa shape index (κ1) is 36.1. The highest BCUT2D eigenvalue weighted by atomic mass is 31.3. The van der Waals surface area contributed by atoms with Crippen molar-refractivity contribution in [3.63, 3.8) is 0 Å². The Morgan fingerprint density at radius 2 is 0.970 bits per heavy atom. The van der Waals surface area contributed by atoms with E-state index in [2.05, 4.69) is 79.9 Å². The van der Waals surface area contributed by atoms with Crippen molar-refractivity contribution < 1.29 is 55.4 Å². The minimum absolute atomic E-state index is 0. The van der Waals surface area contributed by atoms with Gasteiger partial charge in [-0.25, -0.2) is 4.57 Å². The molecule has 0 radical (unpaired) electrons. The van der Waals surface area contributed by atoms with Crippen molar-refractivity contribution in [2.75, 3.05) is 0 Å². The zero-order chi connectivity index (χ0) is 24.2. The van der Waals surface area contributed by atoms with Gasteiger partial charge in [-0.2, -0.15) is 0 Å².